The fourth-order valence-electron chi connectivity index (χ4n) is 2.59. The summed E-state index contributed by atoms with van der Waals surface area (Å²) in [4.78, 5) is 16.6. The second-order valence-electron chi connectivity index (χ2n) is 5.13. The molecule has 0 aliphatic carbocycles. The maximum Gasteiger partial charge on any atom is 0.268 e. The first kappa shape index (κ1) is 13.2. The number of aromatic nitrogens is 2. The molecule has 1 aliphatic heterocycles. The zero-order valence-corrected chi connectivity index (χ0v) is 12.2. The molecule has 1 unspecified atom stereocenters. The molecule has 22 heavy (non-hydrogen) atoms. The summed E-state index contributed by atoms with van der Waals surface area (Å²) in [5, 5.41) is 3.45. The molecule has 3 heterocycles. The van der Waals surface area contributed by atoms with Crippen molar-refractivity contribution in [3.63, 3.8) is 0 Å². The Hall–Kier alpha value is -2.53. The van der Waals surface area contributed by atoms with E-state index in [-0.39, 0.29) is 5.91 Å². The minimum atomic E-state index is -0.565. The average Bonchev–Trinajstić information content (AvgIpc) is 3.11. The van der Waals surface area contributed by atoms with E-state index in [1.54, 1.807) is 18.3 Å². The third kappa shape index (κ3) is 2.19. The summed E-state index contributed by atoms with van der Waals surface area (Å²) in [5.74, 6) is 0.972. The Morgan fingerprint density at radius 2 is 2.27 bits per heavy atom. The number of nitrogens with one attached hydrogen (secondary N) is 1. The molecule has 4 rings (SSSR count). The van der Waals surface area contributed by atoms with E-state index in [1.165, 1.54) is 0 Å². The van der Waals surface area contributed by atoms with Crippen LogP contribution in [0, 0.1) is 0 Å². The summed E-state index contributed by atoms with van der Waals surface area (Å²) in [5.41, 5.74) is 1.86. The van der Waals surface area contributed by atoms with Crippen LogP contribution in [0.4, 0.5) is 5.95 Å². The largest absolute Gasteiger partial charge is 0.480 e. The molecular weight excluding hydrogens is 302 g/mol. The molecule has 3 aromatic rings. The van der Waals surface area contributed by atoms with Crippen LogP contribution in [-0.4, -0.2) is 21.4 Å². The minimum Gasteiger partial charge on any atom is -0.480 e. The minimum absolute atomic E-state index is 0.219. The second kappa shape index (κ2) is 5.03. The molecule has 0 spiro atoms. The van der Waals surface area contributed by atoms with E-state index in [1.807, 2.05) is 34.9 Å². The van der Waals surface area contributed by atoms with Crippen molar-refractivity contribution in [3.8, 4) is 5.75 Å². The molecule has 1 aromatic carbocycles. The molecule has 0 saturated carbocycles. The van der Waals surface area contributed by atoms with Crippen LogP contribution in [0.25, 0.3) is 5.52 Å². The molecule has 1 N–H and O–H groups in total. The number of imidazole rings is 1. The number of ether oxygens (including phenoxy) is 1. The summed E-state index contributed by atoms with van der Waals surface area (Å²) in [6.07, 6.45) is 3.50. The Morgan fingerprint density at radius 1 is 1.36 bits per heavy atom. The van der Waals surface area contributed by atoms with Gasteiger partial charge in [0, 0.05) is 17.6 Å². The van der Waals surface area contributed by atoms with Gasteiger partial charge in [-0.2, -0.15) is 0 Å². The smallest absolute Gasteiger partial charge is 0.268 e. The van der Waals surface area contributed by atoms with Crippen molar-refractivity contribution >= 4 is 29.0 Å². The van der Waals surface area contributed by atoms with Crippen LogP contribution in [0.15, 0.2) is 48.8 Å². The average molecular weight is 314 g/mol. The van der Waals surface area contributed by atoms with Gasteiger partial charge in [0.25, 0.3) is 5.91 Å². The van der Waals surface area contributed by atoms with Crippen LogP contribution in [0.5, 0.6) is 5.75 Å². The van der Waals surface area contributed by atoms with Gasteiger partial charge >= 0.3 is 0 Å². The van der Waals surface area contributed by atoms with Crippen LogP contribution in [0.3, 0.4) is 0 Å². The normalized spacial score (nSPS) is 16.3. The van der Waals surface area contributed by atoms with E-state index < -0.39 is 6.10 Å². The van der Waals surface area contributed by atoms with Crippen LogP contribution in [-0.2, 0) is 11.2 Å². The van der Waals surface area contributed by atoms with E-state index in [4.69, 9.17) is 16.3 Å². The van der Waals surface area contributed by atoms with Crippen LogP contribution >= 0.6 is 11.6 Å². The molecule has 0 fully saturated rings. The molecule has 0 bridgehead atoms. The number of anilines is 1. The van der Waals surface area contributed by atoms with Gasteiger partial charge in [-0.15, -0.1) is 0 Å². The van der Waals surface area contributed by atoms with E-state index in [0.29, 0.717) is 23.1 Å². The van der Waals surface area contributed by atoms with Crippen LogP contribution < -0.4 is 10.1 Å². The number of amides is 1. The standard InChI is InChI=1S/C16H12ClN3O2/c17-11-4-5-13-10(7-11)8-14(22-13)15(21)19-16-18-9-12-3-1-2-6-20(12)16/h1-7,9,14H,8H2,(H,18,19,21). The highest BCUT2D eigenvalue weighted by atomic mass is 35.5. The Kier molecular flexibility index (Phi) is 3.01. The summed E-state index contributed by atoms with van der Waals surface area (Å²) in [7, 11) is 0. The van der Waals surface area contributed by atoms with E-state index in [9.17, 15) is 4.79 Å². The van der Waals surface area contributed by atoms with Gasteiger partial charge in [-0.25, -0.2) is 4.98 Å². The van der Waals surface area contributed by atoms with Crippen molar-refractivity contribution in [2.24, 2.45) is 0 Å². The number of hydrogen-bond donors (Lipinski definition) is 1. The van der Waals surface area contributed by atoms with Gasteiger partial charge in [0.2, 0.25) is 5.95 Å². The number of hydrogen-bond acceptors (Lipinski definition) is 3. The predicted octanol–water partition coefficient (Wildman–Crippen LogP) is 2.93. The number of halogens is 1. The number of fused-ring (bicyclic) bond motifs is 2. The molecule has 5 nitrogen and oxygen atoms in total. The lowest BCUT2D eigenvalue weighted by atomic mass is 10.1. The van der Waals surface area contributed by atoms with Crippen LogP contribution in [0.2, 0.25) is 5.02 Å². The maximum atomic E-state index is 12.4. The third-order valence-electron chi connectivity index (χ3n) is 3.66. The zero-order chi connectivity index (χ0) is 15.1. The number of carbonyl (C=O) groups excluding carboxylic acids is 1. The zero-order valence-electron chi connectivity index (χ0n) is 11.5. The first-order chi connectivity index (χ1) is 10.7. The summed E-state index contributed by atoms with van der Waals surface area (Å²) in [6.45, 7) is 0. The van der Waals surface area contributed by atoms with E-state index in [0.717, 1.165) is 11.1 Å². The van der Waals surface area contributed by atoms with Gasteiger partial charge < -0.3 is 4.74 Å². The van der Waals surface area contributed by atoms with Gasteiger partial charge in [0.15, 0.2) is 6.10 Å². The Balaban J connectivity index is 1.54. The highest BCUT2D eigenvalue weighted by Crippen LogP contribution is 2.31. The van der Waals surface area contributed by atoms with E-state index >= 15 is 0 Å². The van der Waals surface area contributed by atoms with Crippen molar-refractivity contribution < 1.29 is 9.53 Å². The number of rotatable bonds is 2. The lowest BCUT2D eigenvalue weighted by Crippen LogP contribution is -2.32. The van der Waals surface area contributed by atoms with Gasteiger partial charge in [-0.05, 0) is 35.9 Å². The summed E-state index contributed by atoms with van der Waals surface area (Å²) < 4.78 is 7.49. The number of benzene rings is 1. The first-order valence-corrected chi connectivity index (χ1v) is 7.26. The molecule has 0 radical (unpaired) electrons. The topological polar surface area (TPSA) is 55.6 Å². The summed E-state index contributed by atoms with van der Waals surface area (Å²) in [6, 6.07) is 11.1. The van der Waals surface area contributed by atoms with Crippen molar-refractivity contribution in [1.29, 1.82) is 0 Å². The molecule has 6 heteroatoms. The SMILES string of the molecule is O=C(Nc1ncc2ccccn12)C1Cc2cc(Cl)ccc2O1. The monoisotopic (exact) mass is 313 g/mol. The fourth-order valence-corrected chi connectivity index (χ4v) is 2.79. The molecule has 2 aromatic heterocycles. The van der Waals surface area contributed by atoms with Gasteiger partial charge in [0.05, 0.1) is 11.7 Å². The number of carbonyl (C=O) groups is 1. The molecule has 1 amide bonds. The van der Waals surface area contributed by atoms with Crippen molar-refractivity contribution in [3.05, 3.63) is 59.4 Å². The van der Waals surface area contributed by atoms with Crippen molar-refractivity contribution in [2.75, 3.05) is 5.32 Å². The van der Waals surface area contributed by atoms with Crippen molar-refractivity contribution in [1.82, 2.24) is 9.38 Å². The maximum absolute atomic E-state index is 12.4. The predicted molar refractivity (Wildman–Crippen MR) is 83.4 cm³/mol. The van der Waals surface area contributed by atoms with Crippen LogP contribution in [0.1, 0.15) is 5.56 Å². The fraction of sp³-hybridized carbons (Fsp3) is 0.125. The first-order valence-electron chi connectivity index (χ1n) is 6.89. The number of pyridine rings is 1. The lowest BCUT2D eigenvalue weighted by molar-refractivity contribution is -0.122. The third-order valence-corrected chi connectivity index (χ3v) is 3.90. The molecule has 1 atom stereocenters. The van der Waals surface area contributed by atoms with Crippen molar-refractivity contribution in [2.45, 2.75) is 12.5 Å². The molecule has 1 aliphatic rings. The molecule has 110 valence electrons. The van der Waals surface area contributed by atoms with Gasteiger partial charge in [-0.1, -0.05) is 17.7 Å². The van der Waals surface area contributed by atoms with Gasteiger partial charge in [-0.3, -0.25) is 14.5 Å². The Morgan fingerprint density at radius 3 is 3.18 bits per heavy atom. The Bertz CT molecular complexity index is 875. The highest BCUT2D eigenvalue weighted by Gasteiger charge is 2.29. The lowest BCUT2D eigenvalue weighted by Gasteiger charge is -2.10. The molecule has 0 saturated heterocycles. The summed E-state index contributed by atoms with van der Waals surface area (Å²) >= 11 is 5.96. The Labute approximate surface area is 131 Å². The number of nitrogens with zero attached hydrogens (tertiary/aromatic N) is 2. The quantitative estimate of drug-likeness (QED) is 0.791. The van der Waals surface area contributed by atoms with Gasteiger partial charge in [0.1, 0.15) is 5.75 Å². The molecular formula is C16H12ClN3O2. The highest BCUT2D eigenvalue weighted by molar-refractivity contribution is 6.30. The van der Waals surface area contributed by atoms with E-state index in [2.05, 4.69) is 10.3 Å². The second-order valence-corrected chi connectivity index (χ2v) is 5.57.